The van der Waals surface area contributed by atoms with E-state index in [1.807, 2.05) is 60.7 Å². The van der Waals surface area contributed by atoms with Gasteiger partial charge in [0, 0.05) is 25.4 Å². The van der Waals surface area contributed by atoms with Crippen LogP contribution < -0.4 is 0 Å². The molecule has 0 aliphatic carbocycles. The maximum absolute atomic E-state index is 12.7. The molecule has 2 heterocycles. The molecule has 2 fully saturated rings. The van der Waals surface area contributed by atoms with E-state index in [1.54, 1.807) is 0 Å². The number of hydrogen-bond acceptors (Lipinski definition) is 6. The smallest absolute Gasteiger partial charge is 0.323 e. The minimum Gasteiger partial charge on any atom is -0.468 e. The number of nitrogens with zero attached hydrogens (tertiary/aromatic N) is 2. The predicted molar refractivity (Wildman–Crippen MR) is 111 cm³/mol. The summed E-state index contributed by atoms with van der Waals surface area (Å²) in [5, 5.41) is -0.635. The van der Waals surface area contributed by atoms with Gasteiger partial charge >= 0.3 is 5.97 Å². The summed E-state index contributed by atoms with van der Waals surface area (Å²) >= 11 is 0. The lowest BCUT2D eigenvalue weighted by molar-refractivity contribution is -0.146. The van der Waals surface area contributed by atoms with Gasteiger partial charge in [0.1, 0.15) is 6.04 Å². The van der Waals surface area contributed by atoms with E-state index < -0.39 is 21.1 Å². The molecule has 29 heavy (non-hydrogen) atoms. The van der Waals surface area contributed by atoms with Crippen LogP contribution in [0.15, 0.2) is 60.7 Å². The van der Waals surface area contributed by atoms with Gasteiger partial charge in [-0.2, -0.15) is 0 Å². The Hall–Kier alpha value is -2.22. The van der Waals surface area contributed by atoms with Crippen LogP contribution in [-0.4, -0.2) is 61.6 Å². The summed E-state index contributed by atoms with van der Waals surface area (Å²) in [5.74, 6) is -0.372. The first-order valence-electron chi connectivity index (χ1n) is 9.77. The largest absolute Gasteiger partial charge is 0.468 e. The van der Waals surface area contributed by atoms with Crippen LogP contribution >= 0.6 is 0 Å². The van der Waals surface area contributed by atoms with E-state index >= 15 is 0 Å². The Morgan fingerprint density at radius 2 is 1.69 bits per heavy atom. The summed E-state index contributed by atoms with van der Waals surface area (Å²) in [6.07, 6.45) is 1.16. The molecule has 0 unspecified atom stereocenters. The van der Waals surface area contributed by atoms with Gasteiger partial charge in [0.2, 0.25) is 0 Å². The number of fused-ring (bicyclic) bond motifs is 1. The van der Waals surface area contributed by atoms with E-state index in [1.165, 1.54) is 13.4 Å². The first-order chi connectivity index (χ1) is 13.9. The Morgan fingerprint density at radius 1 is 1.07 bits per heavy atom. The zero-order valence-corrected chi connectivity index (χ0v) is 17.5. The van der Waals surface area contributed by atoms with Gasteiger partial charge in [-0.15, -0.1) is 0 Å². The zero-order chi connectivity index (χ0) is 20.6. The number of methoxy groups -OCH3 is 1. The summed E-state index contributed by atoms with van der Waals surface area (Å²) < 4.78 is 30.4. The van der Waals surface area contributed by atoms with Gasteiger partial charge in [0.15, 0.2) is 9.84 Å². The number of esters is 1. The maximum atomic E-state index is 12.7. The van der Waals surface area contributed by atoms with Crippen LogP contribution in [0, 0.1) is 0 Å². The number of benzene rings is 2. The minimum atomic E-state index is -3.35. The molecule has 0 spiro atoms. The molecule has 0 aromatic heterocycles. The number of rotatable bonds is 5. The van der Waals surface area contributed by atoms with Gasteiger partial charge in [-0.05, 0) is 17.5 Å². The normalized spacial score (nSPS) is 27.7. The van der Waals surface area contributed by atoms with Crippen molar-refractivity contribution in [1.82, 2.24) is 9.80 Å². The monoisotopic (exact) mass is 414 g/mol. The fraction of sp³-hybridized carbons (Fsp3) is 0.409. The number of carbonyl (C=O) groups is 1. The molecular formula is C22H26N2O4S. The van der Waals surface area contributed by atoms with E-state index in [-0.39, 0.29) is 24.6 Å². The van der Waals surface area contributed by atoms with Crippen LogP contribution in [0.25, 0.3) is 0 Å². The molecule has 0 radical (unpaired) electrons. The summed E-state index contributed by atoms with van der Waals surface area (Å²) in [7, 11) is -1.99. The number of carbonyl (C=O) groups excluding carboxylic acids is 1. The van der Waals surface area contributed by atoms with E-state index in [9.17, 15) is 13.2 Å². The second-order valence-corrected chi connectivity index (χ2v) is 10.1. The molecule has 4 rings (SSSR count). The lowest BCUT2D eigenvalue weighted by atomic mass is 10.0. The molecule has 4 atom stereocenters. The summed E-state index contributed by atoms with van der Waals surface area (Å²) in [6, 6.07) is 19.4. The van der Waals surface area contributed by atoms with Gasteiger partial charge in [0.25, 0.3) is 0 Å². The van der Waals surface area contributed by atoms with Crippen molar-refractivity contribution in [1.29, 1.82) is 0 Å². The Bertz CT molecular complexity index is 965. The molecule has 2 aliphatic rings. The standard InChI is InChI=1S/C22H26N2O4S/c1-28-22(25)18-13-20(29(2,26)27)21-23(14-16-9-5-3-6-10-16)15-19(24(18)21)17-11-7-4-8-12-17/h3-12,18-21H,13-15H2,1-2H3/t18-,19+,20+,21-/m1/s1. The zero-order valence-electron chi connectivity index (χ0n) is 16.6. The first kappa shape index (κ1) is 20.1. The van der Waals surface area contributed by atoms with Gasteiger partial charge in [-0.1, -0.05) is 60.7 Å². The molecule has 7 heteroatoms. The Balaban J connectivity index is 1.77. The van der Waals surface area contributed by atoms with Crippen molar-refractivity contribution >= 4 is 15.8 Å². The third kappa shape index (κ3) is 3.82. The highest BCUT2D eigenvalue weighted by Crippen LogP contribution is 2.44. The quantitative estimate of drug-likeness (QED) is 0.699. The van der Waals surface area contributed by atoms with Crippen LogP contribution in [0.1, 0.15) is 23.6 Å². The van der Waals surface area contributed by atoms with Crippen LogP contribution in [-0.2, 0) is 25.9 Å². The van der Waals surface area contributed by atoms with Crippen molar-refractivity contribution in [3.05, 3.63) is 71.8 Å². The van der Waals surface area contributed by atoms with Gasteiger partial charge in [-0.25, -0.2) is 8.42 Å². The average Bonchev–Trinajstić information content (AvgIpc) is 3.28. The van der Waals surface area contributed by atoms with Gasteiger partial charge in [-0.3, -0.25) is 14.6 Å². The highest BCUT2D eigenvalue weighted by Gasteiger charge is 2.57. The first-order valence-corrected chi connectivity index (χ1v) is 11.7. The molecule has 6 nitrogen and oxygen atoms in total. The van der Waals surface area contributed by atoms with Crippen molar-refractivity contribution in [2.75, 3.05) is 19.9 Å². The Morgan fingerprint density at radius 3 is 2.28 bits per heavy atom. The fourth-order valence-corrected chi connectivity index (χ4v) is 6.05. The van der Waals surface area contributed by atoms with E-state index in [4.69, 9.17) is 4.74 Å². The second kappa shape index (κ2) is 7.89. The molecule has 0 N–H and O–H groups in total. The van der Waals surface area contributed by atoms with Gasteiger partial charge < -0.3 is 4.74 Å². The summed E-state index contributed by atoms with van der Waals surface area (Å²) in [5.41, 5.74) is 2.20. The van der Waals surface area contributed by atoms with Crippen molar-refractivity contribution in [3.8, 4) is 0 Å². The second-order valence-electron chi connectivity index (χ2n) is 7.84. The van der Waals surface area contributed by atoms with E-state index in [0.717, 1.165) is 11.1 Å². The van der Waals surface area contributed by atoms with Crippen LogP contribution in [0.3, 0.4) is 0 Å². The minimum absolute atomic E-state index is 0.0687. The van der Waals surface area contributed by atoms with Gasteiger partial charge in [0.05, 0.1) is 18.5 Å². The molecule has 2 aliphatic heterocycles. The molecule has 2 aromatic rings. The van der Waals surface area contributed by atoms with Crippen molar-refractivity contribution < 1.29 is 17.9 Å². The van der Waals surface area contributed by atoms with Crippen LogP contribution in [0.4, 0.5) is 0 Å². The summed E-state index contributed by atoms with van der Waals surface area (Å²) in [4.78, 5) is 16.9. The highest BCUT2D eigenvalue weighted by molar-refractivity contribution is 7.91. The Labute approximate surface area is 172 Å². The van der Waals surface area contributed by atoms with E-state index in [0.29, 0.717) is 13.1 Å². The van der Waals surface area contributed by atoms with Crippen molar-refractivity contribution in [3.63, 3.8) is 0 Å². The lowest BCUT2D eigenvalue weighted by Crippen LogP contribution is -2.46. The van der Waals surface area contributed by atoms with Crippen molar-refractivity contribution in [2.24, 2.45) is 0 Å². The Kier molecular flexibility index (Phi) is 5.46. The maximum Gasteiger partial charge on any atom is 0.323 e. The number of sulfone groups is 1. The third-order valence-corrected chi connectivity index (χ3v) is 7.57. The van der Waals surface area contributed by atoms with Crippen LogP contribution in [0.2, 0.25) is 0 Å². The summed E-state index contributed by atoms with van der Waals surface area (Å²) in [6.45, 7) is 1.29. The molecular weight excluding hydrogens is 388 g/mol. The predicted octanol–water partition coefficient (Wildman–Crippen LogP) is 2.23. The van der Waals surface area contributed by atoms with E-state index in [2.05, 4.69) is 9.80 Å². The molecule has 154 valence electrons. The number of ether oxygens (including phenoxy) is 1. The topological polar surface area (TPSA) is 66.9 Å². The van der Waals surface area contributed by atoms with Crippen molar-refractivity contribution in [2.45, 2.75) is 36.5 Å². The fourth-order valence-electron chi connectivity index (χ4n) is 4.77. The molecule has 0 amide bonds. The lowest BCUT2D eigenvalue weighted by Gasteiger charge is -2.30. The average molecular weight is 415 g/mol. The SMILES string of the molecule is COC(=O)[C@H]1C[C@H](S(C)(=O)=O)[C@@H]2N(Cc3ccccc3)C[C@@H](c3ccccc3)N12. The number of hydrogen-bond donors (Lipinski definition) is 0. The molecule has 0 bridgehead atoms. The van der Waals surface area contributed by atoms with Crippen LogP contribution in [0.5, 0.6) is 0 Å². The molecule has 2 saturated heterocycles. The molecule has 0 saturated carbocycles. The highest BCUT2D eigenvalue weighted by atomic mass is 32.2. The molecule has 2 aromatic carbocycles. The third-order valence-electron chi connectivity index (χ3n) is 6.03.